The average Bonchev–Trinajstić information content (AvgIpc) is 2.89. The van der Waals surface area contributed by atoms with Crippen LogP contribution in [-0.4, -0.2) is 58.1 Å². The molecule has 9 heteroatoms. The van der Waals surface area contributed by atoms with Crippen LogP contribution in [0.25, 0.3) is 0 Å². The molecule has 0 aliphatic carbocycles. The number of rotatable bonds is 11. The maximum atomic E-state index is 13.6. The Kier molecular flexibility index (Phi) is 9.32. The predicted octanol–water partition coefficient (Wildman–Crippen LogP) is 1.63. The van der Waals surface area contributed by atoms with Gasteiger partial charge in [-0.1, -0.05) is 61.5 Å². The van der Waals surface area contributed by atoms with Gasteiger partial charge in [0.1, 0.15) is 18.4 Å². The number of nitrogens with one attached hydrogen (secondary N) is 2. The lowest BCUT2D eigenvalue weighted by molar-refractivity contribution is -0.145. The van der Waals surface area contributed by atoms with Crippen LogP contribution in [0.2, 0.25) is 0 Å². The number of carbonyl (C=O) groups excluding carboxylic acids is 4. The Labute approximate surface area is 209 Å². The molecule has 3 amide bonds. The zero-order valence-corrected chi connectivity index (χ0v) is 20.2. The van der Waals surface area contributed by atoms with Crippen LogP contribution in [0, 0.1) is 0 Å². The van der Waals surface area contributed by atoms with Crippen molar-refractivity contribution in [3.8, 4) is 0 Å². The van der Waals surface area contributed by atoms with Crippen molar-refractivity contribution in [1.82, 2.24) is 15.5 Å². The van der Waals surface area contributed by atoms with E-state index in [1.165, 1.54) is 4.90 Å². The number of carbonyl (C=O) groups is 5. The molecule has 0 saturated carbocycles. The van der Waals surface area contributed by atoms with Gasteiger partial charge in [-0.25, -0.2) is 0 Å². The molecule has 0 radical (unpaired) electrons. The monoisotopic (exact) mass is 493 g/mol. The van der Waals surface area contributed by atoms with E-state index >= 15 is 0 Å². The Hall–Kier alpha value is -4.01. The van der Waals surface area contributed by atoms with Gasteiger partial charge in [0.05, 0.1) is 12.5 Å². The smallest absolute Gasteiger partial charge is 0.305 e. The molecule has 1 heterocycles. The van der Waals surface area contributed by atoms with Crippen molar-refractivity contribution in [2.75, 3.05) is 0 Å². The highest BCUT2D eigenvalue weighted by Gasteiger charge is 2.38. The molecular formula is C27H31N3O6. The summed E-state index contributed by atoms with van der Waals surface area (Å²) < 4.78 is 0. The SMILES string of the molecule is CC[C@H](NC(=O)CCc1ccccc1)C(=O)N1Cc2ccccc2C[C@H]1C(=O)N[C@H](C=O)CC(=O)O. The first-order valence-corrected chi connectivity index (χ1v) is 12.0. The minimum Gasteiger partial charge on any atom is -0.481 e. The molecule has 3 N–H and O–H groups in total. The highest BCUT2D eigenvalue weighted by Crippen LogP contribution is 2.25. The number of aryl methyl sites for hydroxylation is 1. The van der Waals surface area contributed by atoms with Gasteiger partial charge in [-0.05, 0) is 29.5 Å². The van der Waals surface area contributed by atoms with Crippen molar-refractivity contribution in [2.45, 2.75) is 63.7 Å². The maximum Gasteiger partial charge on any atom is 0.305 e. The van der Waals surface area contributed by atoms with Crippen LogP contribution in [0.15, 0.2) is 54.6 Å². The van der Waals surface area contributed by atoms with E-state index in [2.05, 4.69) is 10.6 Å². The second-order valence-corrected chi connectivity index (χ2v) is 8.82. The van der Waals surface area contributed by atoms with E-state index in [1.807, 2.05) is 54.6 Å². The molecule has 3 rings (SSSR count). The lowest BCUT2D eigenvalue weighted by Gasteiger charge is -2.38. The van der Waals surface area contributed by atoms with E-state index in [0.29, 0.717) is 19.1 Å². The summed E-state index contributed by atoms with van der Waals surface area (Å²) in [6.45, 7) is 1.94. The van der Waals surface area contributed by atoms with Gasteiger partial charge in [-0.2, -0.15) is 0 Å². The first kappa shape index (κ1) is 26.6. The molecule has 1 aliphatic heterocycles. The van der Waals surface area contributed by atoms with Gasteiger partial charge >= 0.3 is 5.97 Å². The van der Waals surface area contributed by atoms with Gasteiger partial charge in [-0.3, -0.25) is 19.2 Å². The van der Waals surface area contributed by atoms with Crippen molar-refractivity contribution in [3.63, 3.8) is 0 Å². The van der Waals surface area contributed by atoms with Crippen molar-refractivity contribution in [3.05, 3.63) is 71.3 Å². The number of carboxylic acid groups (broad SMARTS) is 1. The largest absolute Gasteiger partial charge is 0.481 e. The summed E-state index contributed by atoms with van der Waals surface area (Å²) in [5, 5.41) is 14.2. The fourth-order valence-corrected chi connectivity index (χ4v) is 4.30. The Morgan fingerprint density at radius 1 is 1.03 bits per heavy atom. The van der Waals surface area contributed by atoms with Crippen LogP contribution in [0.5, 0.6) is 0 Å². The van der Waals surface area contributed by atoms with Crippen molar-refractivity contribution in [2.24, 2.45) is 0 Å². The van der Waals surface area contributed by atoms with Crippen LogP contribution in [-0.2, 0) is 43.4 Å². The molecule has 0 aromatic heterocycles. The second kappa shape index (κ2) is 12.6. The van der Waals surface area contributed by atoms with Gasteiger partial charge in [0.2, 0.25) is 17.7 Å². The van der Waals surface area contributed by atoms with Crippen LogP contribution in [0.3, 0.4) is 0 Å². The number of aliphatic carboxylic acids is 1. The normalized spacial score (nSPS) is 16.2. The molecule has 0 bridgehead atoms. The topological polar surface area (TPSA) is 133 Å². The summed E-state index contributed by atoms with van der Waals surface area (Å²) in [7, 11) is 0. The average molecular weight is 494 g/mol. The molecule has 0 unspecified atom stereocenters. The number of carboxylic acids is 1. The molecule has 1 aliphatic rings. The van der Waals surface area contributed by atoms with E-state index in [1.54, 1.807) is 6.92 Å². The Morgan fingerprint density at radius 2 is 1.69 bits per heavy atom. The molecule has 36 heavy (non-hydrogen) atoms. The molecular weight excluding hydrogens is 462 g/mol. The van der Waals surface area contributed by atoms with Crippen molar-refractivity contribution < 1.29 is 29.1 Å². The van der Waals surface area contributed by atoms with Crippen molar-refractivity contribution >= 4 is 30.0 Å². The number of aldehydes is 1. The molecule has 190 valence electrons. The lowest BCUT2D eigenvalue weighted by atomic mass is 9.92. The summed E-state index contributed by atoms with van der Waals surface area (Å²) in [6.07, 6.45) is 1.12. The first-order chi connectivity index (χ1) is 17.3. The maximum absolute atomic E-state index is 13.6. The van der Waals surface area contributed by atoms with E-state index < -0.39 is 42.3 Å². The Morgan fingerprint density at radius 3 is 2.33 bits per heavy atom. The third kappa shape index (κ3) is 7.00. The van der Waals surface area contributed by atoms with Crippen LogP contribution < -0.4 is 10.6 Å². The number of hydrogen-bond acceptors (Lipinski definition) is 5. The molecule has 3 atom stereocenters. The first-order valence-electron chi connectivity index (χ1n) is 12.0. The number of hydrogen-bond donors (Lipinski definition) is 3. The molecule has 0 saturated heterocycles. The Balaban J connectivity index is 1.74. The van der Waals surface area contributed by atoms with E-state index in [0.717, 1.165) is 16.7 Å². The highest BCUT2D eigenvalue weighted by molar-refractivity contribution is 5.93. The molecule has 0 spiro atoms. The fourth-order valence-electron chi connectivity index (χ4n) is 4.30. The highest BCUT2D eigenvalue weighted by atomic mass is 16.4. The van der Waals surface area contributed by atoms with E-state index in [-0.39, 0.29) is 25.3 Å². The number of nitrogens with zero attached hydrogens (tertiary/aromatic N) is 1. The molecule has 2 aromatic rings. The van der Waals surface area contributed by atoms with Crippen LogP contribution in [0.1, 0.15) is 42.9 Å². The van der Waals surface area contributed by atoms with E-state index in [9.17, 15) is 24.0 Å². The number of benzene rings is 2. The summed E-state index contributed by atoms with van der Waals surface area (Å²) in [6, 6.07) is 14.0. The summed E-state index contributed by atoms with van der Waals surface area (Å²) in [5.74, 6) is -2.50. The predicted molar refractivity (Wildman–Crippen MR) is 132 cm³/mol. The lowest BCUT2D eigenvalue weighted by Crippen LogP contribution is -2.58. The van der Waals surface area contributed by atoms with Crippen molar-refractivity contribution in [1.29, 1.82) is 0 Å². The quantitative estimate of drug-likeness (QED) is 0.408. The molecule has 2 aromatic carbocycles. The van der Waals surface area contributed by atoms with E-state index in [4.69, 9.17) is 5.11 Å². The third-order valence-electron chi connectivity index (χ3n) is 6.25. The summed E-state index contributed by atoms with van der Waals surface area (Å²) in [4.78, 5) is 63.0. The van der Waals surface area contributed by atoms with Crippen LogP contribution >= 0.6 is 0 Å². The summed E-state index contributed by atoms with van der Waals surface area (Å²) in [5.41, 5.74) is 2.79. The Bertz CT molecular complexity index is 1100. The van der Waals surface area contributed by atoms with Gasteiger partial charge in [0.25, 0.3) is 0 Å². The zero-order valence-electron chi connectivity index (χ0n) is 20.2. The third-order valence-corrected chi connectivity index (χ3v) is 6.25. The fraction of sp³-hybridized carbons (Fsp3) is 0.370. The van der Waals surface area contributed by atoms with Gasteiger partial charge in [-0.15, -0.1) is 0 Å². The molecule has 0 fully saturated rings. The number of fused-ring (bicyclic) bond motifs is 1. The second-order valence-electron chi connectivity index (χ2n) is 8.82. The standard InChI is InChI=1S/C27H31N3O6/c1-2-22(29-24(32)13-12-18-8-4-3-5-9-18)27(36)30-16-20-11-7-6-10-19(20)14-23(30)26(35)28-21(17-31)15-25(33)34/h3-11,17,21-23H,2,12-16H2,1H3,(H,28,35)(H,29,32)(H,33,34)/t21-,22-,23-/m0/s1. The zero-order chi connectivity index (χ0) is 26.1. The van der Waals surface area contributed by atoms with Gasteiger partial charge < -0.3 is 25.4 Å². The number of amides is 3. The molecule has 9 nitrogen and oxygen atoms in total. The minimum atomic E-state index is -1.22. The summed E-state index contributed by atoms with van der Waals surface area (Å²) >= 11 is 0. The van der Waals surface area contributed by atoms with Gasteiger partial charge in [0.15, 0.2) is 0 Å². The van der Waals surface area contributed by atoms with Crippen LogP contribution in [0.4, 0.5) is 0 Å². The van der Waals surface area contributed by atoms with Gasteiger partial charge in [0, 0.05) is 19.4 Å². The minimum absolute atomic E-state index is 0.161.